The van der Waals surface area contributed by atoms with Crippen molar-refractivity contribution in [2.75, 3.05) is 18.4 Å². The van der Waals surface area contributed by atoms with E-state index in [2.05, 4.69) is 10.4 Å². The van der Waals surface area contributed by atoms with Crippen LogP contribution in [0, 0.1) is 0 Å². The van der Waals surface area contributed by atoms with Gasteiger partial charge in [0.15, 0.2) is 0 Å². The molecule has 0 bridgehead atoms. The summed E-state index contributed by atoms with van der Waals surface area (Å²) in [5.41, 5.74) is 0.488. The number of rotatable bonds is 4. The summed E-state index contributed by atoms with van der Waals surface area (Å²) in [5, 5.41) is 7.50. The van der Waals surface area contributed by atoms with Gasteiger partial charge in [-0.15, -0.1) is 0 Å². The number of likely N-dealkylation sites (tertiary alicyclic amines) is 1. The second-order valence-electron chi connectivity index (χ2n) is 7.56. The van der Waals surface area contributed by atoms with Crippen LogP contribution in [0.5, 0.6) is 0 Å². The molecule has 2 aliphatic rings. The number of aromatic nitrogens is 3. The van der Waals surface area contributed by atoms with Gasteiger partial charge < -0.3 is 10.2 Å². The Bertz CT molecular complexity index is 990. The number of carbonyl (C=O) groups excluding carboxylic acids is 2. The summed E-state index contributed by atoms with van der Waals surface area (Å²) in [5.74, 6) is 0.186. The Morgan fingerprint density at radius 2 is 1.83 bits per heavy atom. The first-order valence-electron chi connectivity index (χ1n) is 10.1. The molecule has 0 saturated carbocycles. The van der Waals surface area contributed by atoms with Crippen molar-refractivity contribution >= 4 is 29.1 Å². The van der Waals surface area contributed by atoms with Gasteiger partial charge in [0.25, 0.3) is 5.91 Å². The van der Waals surface area contributed by atoms with E-state index in [-0.39, 0.29) is 18.1 Å². The number of carbonyl (C=O) groups is 2. The molecule has 1 saturated heterocycles. The first kappa shape index (κ1) is 19.7. The lowest BCUT2D eigenvalue weighted by Crippen LogP contribution is -2.31. The number of nitrogens with one attached hydrogen (secondary N) is 1. The third kappa shape index (κ3) is 4.22. The number of hydrogen-bond acceptors (Lipinski definition) is 4. The summed E-state index contributed by atoms with van der Waals surface area (Å²) in [7, 11) is 0. The Kier molecular flexibility index (Phi) is 5.71. The van der Waals surface area contributed by atoms with Gasteiger partial charge in [-0.3, -0.25) is 14.2 Å². The lowest BCUT2D eigenvalue weighted by molar-refractivity contribution is -0.117. The van der Waals surface area contributed by atoms with Crippen molar-refractivity contribution in [2.24, 2.45) is 0 Å². The molecule has 9 heteroatoms. The SMILES string of the molecule is O=C(Cn1nc2n(c1=O)CCCCC2)Nc1cc(Cl)ccc1C(=O)N1CCCC1. The number of hydrogen-bond donors (Lipinski definition) is 1. The number of anilines is 1. The van der Waals surface area contributed by atoms with Crippen LogP contribution in [0.25, 0.3) is 0 Å². The van der Waals surface area contributed by atoms with Crippen molar-refractivity contribution < 1.29 is 9.59 Å². The predicted molar refractivity (Wildman–Crippen MR) is 109 cm³/mol. The topological polar surface area (TPSA) is 89.2 Å². The molecule has 2 amide bonds. The van der Waals surface area contributed by atoms with Crippen molar-refractivity contribution in [1.82, 2.24) is 19.2 Å². The minimum atomic E-state index is -0.418. The Balaban J connectivity index is 1.52. The van der Waals surface area contributed by atoms with Gasteiger partial charge >= 0.3 is 5.69 Å². The monoisotopic (exact) mass is 417 g/mol. The van der Waals surface area contributed by atoms with E-state index in [9.17, 15) is 14.4 Å². The standard InChI is InChI=1S/C20H24ClN5O3/c21-14-7-8-15(19(28)24-9-4-5-10-24)16(12-14)22-18(27)13-26-20(29)25-11-3-1-2-6-17(25)23-26/h7-8,12H,1-6,9-11,13H2,(H,22,27). The predicted octanol–water partition coefficient (Wildman–Crippen LogP) is 2.30. The van der Waals surface area contributed by atoms with Crippen molar-refractivity contribution in [1.29, 1.82) is 0 Å². The number of aryl methyl sites for hydroxylation is 1. The number of fused-ring (bicyclic) bond motifs is 1. The summed E-state index contributed by atoms with van der Waals surface area (Å²) in [4.78, 5) is 39.8. The van der Waals surface area contributed by atoms with E-state index in [0.29, 0.717) is 35.9 Å². The molecule has 1 fully saturated rings. The molecule has 0 unspecified atom stereocenters. The first-order valence-corrected chi connectivity index (χ1v) is 10.5. The lowest BCUT2D eigenvalue weighted by Gasteiger charge is -2.18. The van der Waals surface area contributed by atoms with Gasteiger partial charge in [-0.25, -0.2) is 9.48 Å². The Labute approximate surface area is 173 Å². The molecule has 1 aromatic carbocycles. The molecule has 29 heavy (non-hydrogen) atoms. The average Bonchev–Trinajstić information content (AvgIpc) is 3.25. The van der Waals surface area contributed by atoms with Crippen molar-refractivity contribution in [3.8, 4) is 0 Å². The molecule has 2 aliphatic heterocycles. The Morgan fingerprint density at radius 3 is 2.62 bits per heavy atom. The fraction of sp³-hybridized carbons (Fsp3) is 0.500. The van der Waals surface area contributed by atoms with E-state index in [4.69, 9.17) is 11.6 Å². The van der Waals surface area contributed by atoms with E-state index in [1.807, 2.05) is 0 Å². The molecule has 4 rings (SSSR count). The highest BCUT2D eigenvalue weighted by Gasteiger charge is 2.23. The zero-order valence-electron chi connectivity index (χ0n) is 16.2. The Morgan fingerprint density at radius 1 is 1.07 bits per heavy atom. The van der Waals surface area contributed by atoms with Crippen LogP contribution in [0.3, 0.4) is 0 Å². The van der Waals surface area contributed by atoms with Crippen LogP contribution < -0.4 is 11.0 Å². The molecule has 0 radical (unpaired) electrons. The second-order valence-corrected chi connectivity index (χ2v) is 7.99. The quantitative estimate of drug-likeness (QED) is 0.826. The van der Waals surface area contributed by atoms with Crippen LogP contribution in [-0.2, 0) is 24.3 Å². The fourth-order valence-electron chi connectivity index (χ4n) is 3.95. The molecule has 1 aromatic heterocycles. The summed E-state index contributed by atoms with van der Waals surface area (Å²) in [6.07, 6.45) is 5.71. The average molecular weight is 418 g/mol. The molecular weight excluding hydrogens is 394 g/mol. The van der Waals surface area contributed by atoms with Crippen LogP contribution >= 0.6 is 11.6 Å². The highest BCUT2D eigenvalue weighted by molar-refractivity contribution is 6.31. The molecule has 0 aliphatic carbocycles. The molecule has 0 spiro atoms. The van der Waals surface area contributed by atoms with Crippen LogP contribution in [0.4, 0.5) is 5.69 Å². The zero-order valence-corrected chi connectivity index (χ0v) is 17.0. The molecule has 1 N–H and O–H groups in total. The third-order valence-electron chi connectivity index (χ3n) is 5.45. The van der Waals surface area contributed by atoms with Gasteiger partial charge in [-0.2, -0.15) is 5.10 Å². The van der Waals surface area contributed by atoms with Crippen molar-refractivity contribution in [3.05, 3.63) is 45.1 Å². The van der Waals surface area contributed by atoms with Gasteiger partial charge in [0.1, 0.15) is 12.4 Å². The molecule has 3 heterocycles. The molecule has 8 nitrogen and oxygen atoms in total. The zero-order chi connectivity index (χ0) is 20.4. The molecular formula is C20H24ClN5O3. The first-order chi connectivity index (χ1) is 14.0. The van der Waals surface area contributed by atoms with Gasteiger partial charge in [-0.1, -0.05) is 18.0 Å². The lowest BCUT2D eigenvalue weighted by atomic mass is 10.1. The maximum atomic E-state index is 12.8. The van der Waals surface area contributed by atoms with Gasteiger partial charge in [-0.05, 0) is 43.9 Å². The smallest absolute Gasteiger partial charge is 0.339 e. The van der Waals surface area contributed by atoms with E-state index in [1.54, 1.807) is 27.7 Å². The van der Waals surface area contributed by atoms with Crippen molar-refractivity contribution in [3.63, 3.8) is 0 Å². The maximum absolute atomic E-state index is 12.8. The number of amides is 2. The maximum Gasteiger partial charge on any atom is 0.346 e. The minimum absolute atomic E-state index is 0.125. The minimum Gasteiger partial charge on any atom is -0.339 e. The summed E-state index contributed by atoms with van der Waals surface area (Å²) < 4.78 is 2.85. The van der Waals surface area contributed by atoms with Gasteiger partial charge in [0.05, 0.1) is 11.3 Å². The molecule has 2 aromatic rings. The summed E-state index contributed by atoms with van der Waals surface area (Å²) >= 11 is 6.09. The van der Waals surface area contributed by atoms with E-state index < -0.39 is 5.91 Å². The van der Waals surface area contributed by atoms with Crippen LogP contribution in [0.15, 0.2) is 23.0 Å². The number of nitrogens with zero attached hydrogens (tertiary/aromatic N) is 4. The summed E-state index contributed by atoms with van der Waals surface area (Å²) in [6, 6.07) is 4.83. The Hall–Kier alpha value is -2.61. The van der Waals surface area contributed by atoms with Crippen LogP contribution in [0.2, 0.25) is 5.02 Å². The third-order valence-corrected chi connectivity index (χ3v) is 5.69. The van der Waals surface area contributed by atoms with Crippen LogP contribution in [0.1, 0.15) is 48.3 Å². The molecule has 0 atom stereocenters. The van der Waals surface area contributed by atoms with E-state index >= 15 is 0 Å². The number of halogens is 1. The highest BCUT2D eigenvalue weighted by atomic mass is 35.5. The van der Waals surface area contributed by atoms with Crippen LogP contribution in [-0.4, -0.2) is 44.2 Å². The number of benzene rings is 1. The second kappa shape index (κ2) is 8.41. The summed E-state index contributed by atoms with van der Waals surface area (Å²) in [6.45, 7) is 1.86. The highest BCUT2D eigenvalue weighted by Crippen LogP contribution is 2.24. The van der Waals surface area contributed by atoms with Gasteiger partial charge in [0.2, 0.25) is 5.91 Å². The van der Waals surface area contributed by atoms with Crippen molar-refractivity contribution in [2.45, 2.75) is 51.6 Å². The fourth-order valence-corrected chi connectivity index (χ4v) is 4.12. The largest absolute Gasteiger partial charge is 0.346 e. The molecule has 154 valence electrons. The van der Waals surface area contributed by atoms with E-state index in [0.717, 1.165) is 44.3 Å². The van der Waals surface area contributed by atoms with E-state index in [1.165, 1.54) is 4.68 Å². The normalized spacial score (nSPS) is 16.4. The van der Waals surface area contributed by atoms with Gasteiger partial charge in [0, 0.05) is 31.1 Å².